The molecule has 1 atom stereocenters. The number of nitrogens with zero attached hydrogens (tertiary/aromatic N) is 1. The molecule has 0 unspecified atom stereocenters. The molecule has 20 heavy (non-hydrogen) atoms. The number of rotatable bonds is 4. The van der Waals surface area contributed by atoms with Gasteiger partial charge in [-0.3, -0.25) is 4.90 Å². The Morgan fingerprint density at radius 3 is 2.75 bits per heavy atom. The van der Waals surface area contributed by atoms with Crippen molar-refractivity contribution in [1.82, 2.24) is 10.2 Å². The quantitative estimate of drug-likeness (QED) is 0.915. The Morgan fingerprint density at radius 2 is 2.00 bits per heavy atom. The van der Waals surface area contributed by atoms with Crippen LogP contribution in [-0.4, -0.2) is 37.9 Å². The van der Waals surface area contributed by atoms with Crippen LogP contribution in [0.3, 0.4) is 0 Å². The van der Waals surface area contributed by atoms with E-state index in [1.54, 1.807) is 0 Å². The lowest BCUT2D eigenvalue weighted by atomic mass is 9.94. The molecule has 2 aliphatic heterocycles. The number of piperazine rings is 1. The molecule has 0 aliphatic carbocycles. The maximum Gasteiger partial charge on any atom is 0.231 e. The number of para-hydroxylation sites is 1. The zero-order valence-corrected chi connectivity index (χ0v) is 12.4. The van der Waals surface area contributed by atoms with Crippen LogP contribution in [0.4, 0.5) is 0 Å². The minimum atomic E-state index is 0.350. The molecule has 4 heteroatoms. The van der Waals surface area contributed by atoms with Crippen LogP contribution in [0.1, 0.15) is 31.9 Å². The van der Waals surface area contributed by atoms with Gasteiger partial charge >= 0.3 is 0 Å². The summed E-state index contributed by atoms with van der Waals surface area (Å²) in [6, 6.07) is 6.70. The van der Waals surface area contributed by atoms with Crippen LogP contribution in [0.25, 0.3) is 0 Å². The highest BCUT2D eigenvalue weighted by Gasteiger charge is 2.28. The molecular formula is C16H24N2O2. The molecule has 0 bridgehead atoms. The summed E-state index contributed by atoms with van der Waals surface area (Å²) in [6.45, 7) is 9.26. The normalized spacial score (nSPS) is 20.4. The lowest BCUT2D eigenvalue weighted by Gasteiger charge is -2.36. The molecule has 4 nitrogen and oxygen atoms in total. The average molecular weight is 276 g/mol. The summed E-state index contributed by atoms with van der Waals surface area (Å²) in [4.78, 5) is 2.58. The van der Waals surface area contributed by atoms with E-state index in [4.69, 9.17) is 9.47 Å². The largest absolute Gasteiger partial charge is 0.454 e. The zero-order valence-electron chi connectivity index (χ0n) is 12.4. The standard InChI is InChI=1S/C16H24N2O2/c1-12(2)10-14(18-8-6-17-7-9-18)13-4-3-5-15-16(13)20-11-19-15/h3-5,12,14,17H,6-11H2,1-2H3/t14-/m0/s1. The topological polar surface area (TPSA) is 33.7 Å². The zero-order chi connectivity index (χ0) is 13.9. The Balaban J connectivity index is 1.90. The van der Waals surface area contributed by atoms with E-state index in [1.165, 1.54) is 5.56 Å². The van der Waals surface area contributed by atoms with Crippen molar-refractivity contribution < 1.29 is 9.47 Å². The minimum absolute atomic E-state index is 0.350. The number of nitrogens with one attached hydrogen (secondary N) is 1. The molecule has 0 amide bonds. The number of hydrogen-bond donors (Lipinski definition) is 1. The first kappa shape index (κ1) is 13.7. The Hall–Kier alpha value is -1.26. The fourth-order valence-electron chi connectivity index (χ4n) is 3.13. The molecule has 0 spiro atoms. The summed E-state index contributed by atoms with van der Waals surface area (Å²) in [5.74, 6) is 2.51. The van der Waals surface area contributed by atoms with E-state index in [-0.39, 0.29) is 0 Å². The Morgan fingerprint density at radius 1 is 1.20 bits per heavy atom. The van der Waals surface area contributed by atoms with Crippen molar-refractivity contribution in [3.8, 4) is 11.5 Å². The van der Waals surface area contributed by atoms with Gasteiger partial charge in [0.2, 0.25) is 6.79 Å². The van der Waals surface area contributed by atoms with Crippen LogP contribution in [0.5, 0.6) is 11.5 Å². The highest BCUT2D eigenvalue weighted by molar-refractivity contribution is 5.49. The maximum absolute atomic E-state index is 5.72. The van der Waals surface area contributed by atoms with Gasteiger partial charge in [0.1, 0.15) is 0 Å². The van der Waals surface area contributed by atoms with Crippen LogP contribution < -0.4 is 14.8 Å². The van der Waals surface area contributed by atoms with Crippen molar-refractivity contribution in [3.63, 3.8) is 0 Å². The molecule has 0 saturated carbocycles. The van der Waals surface area contributed by atoms with Crippen LogP contribution in [0.15, 0.2) is 18.2 Å². The molecule has 1 aromatic rings. The minimum Gasteiger partial charge on any atom is -0.454 e. The first-order valence-corrected chi connectivity index (χ1v) is 7.59. The number of fused-ring (bicyclic) bond motifs is 1. The molecule has 2 heterocycles. The van der Waals surface area contributed by atoms with E-state index in [2.05, 4.69) is 36.2 Å². The van der Waals surface area contributed by atoms with Gasteiger partial charge in [0.05, 0.1) is 0 Å². The molecule has 2 aliphatic rings. The SMILES string of the molecule is CC(C)C[C@@H](c1cccc2c1OCO2)N1CCNCC1. The van der Waals surface area contributed by atoms with Gasteiger partial charge in [-0.15, -0.1) is 0 Å². The van der Waals surface area contributed by atoms with Crippen LogP contribution >= 0.6 is 0 Å². The third kappa shape index (κ3) is 2.76. The second-order valence-electron chi connectivity index (χ2n) is 6.01. The fraction of sp³-hybridized carbons (Fsp3) is 0.625. The van der Waals surface area contributed by atoms with Crippen molar-refractivity contribution in [2.45, 2.75) is 26.3 Å². The van der Waals surface area contributed by atoms with Crippen molar-refractivity contribution in [2.75, 3.05) is 33.0 Å². The highest BCUT2D eigenvalue weighted by atomic mass is 16.7. The Bertz CT molecular complexity index is 456. The molecule has 0 radical (unpaired) electrons. The summed E-state index contributed by atoms with van der Waals surface area (Å²) in [5.41, 5.74) is 1.29. The van der Waals surface area contributed by atoms with Gasteiger partial charge < -0.3 is 14.8 Å². The van der Waals surface area contributed by atoms with E-state index in [0.29, 0.717) is 18.8 Å². The molecule has 110 valence electrons. The molecule has 0 aromatic heterocycles. The molecular weight excluding hydrogens is 252 g/mol. The molecule has 1 saturated heterocycles. The molecule has 1 N–H and O–H groups in total. The predicted octanol–water partition coefficient (Wildman–Crippen LogP) is 2.41. The average Bonchev–Trinajstić information content (AvgIpc) is 2.94. The second-order valence-corrected chi connectivity index (χ2v) is 6.01. The van der Waals surface area contributed by atoms with Crippen molar-refractivity contribution in [3.05, 3.63) is 23.8 Å². The lowest BCUT2D eigenvalue weighted by molar-refractivity contribution is 0.145. The van der Waals surface area contributed by atoms with Gasteiger partial charge in [0, 0.05) is 37.8 Å². The summed E-state index contributed by atoms with van der Waals surface area (Å²) >= 11 is 0. The number of hydrogen-bond acceptors (Lipinski definition) is 4. The number of ether oxygens (including phenoxy) is 2. The van der Waals surface area contributed by atoms with Gasteiger partial charge in [0.15, 0.2) is 11.5 Å². The Kier molecular flexibility index (Phi) is 4.13. The van der Waals surface area contributed by atoms with E-state index in [1.807, 2.05) is 6.07 Å². The van der Waals surface area contributed by atoms with Crippen molar-refractivity contribution >= 4 is 0 Å². The monoisotopic (exact) mass is 276 g/mol. The van der Waals surface area contributed by atoms with Gasteiger partial charge in [-0.25, -0.2) is 0 Å². The molecule has 1 aromatic carbocycles. The van der Waals surface area contributed by atoms with Crippen LogP contribution in [-0.2, 0) is 0 Å². The predicted molar refractivity (Wildman–Crippen MR) is 79.2 cm³/mol. The summed E-state index contributed by atoms with van der Waals surface area (Å²) in [5, 5.41) is 3.43. The maximum atomic E-state index is 5.72. The second kappa shape index (κ2) is 6.02. The van der Waals surface area contributed by atoms with Gasteiger partial charge in [-0.1, -0.05) is 26.0 Å². The lowest BCUT2D eigenvalue weighted by Crippen LogP contribution is -2.45. The molecule has 1 fully saturated rings. The first-order chi connectivity index (χ1) is 9.75. The third-order valence-corrected chi connectivity index (χ3v) is 4.07. The first-order valence-electron chi connectivity index (χ1n) is 7.59. The van der Waals surface area contributed by atoms with Gasteiger partial charge in [-0.05, 0) is 18.4 Å². The van der Waals surface area contributed by atoms with E-state index < -0.39 is 0 Å². The Labute approximate surface area is 121 Å². The van der Waals surface area contributed by atoms with Crippen molar-refractivity contribution in [2.24, 2.45) is 5.92 Å². The highest BCUT2D eigenvalue weighted by Crippen LogP contribution is 2.42. The summed E-state index contributed by atoms with van der Waals surface area (Å²) in [6.07, 6.45) is 1.15. The van der Waals surface area contributed by atoms with E-state index in [9.17, 15) is 0 Å². The summed E-state index contributed by atoms with van der Waals surface area (Å²) in [7, 11) is 0. The third-order valence-electron chi connectivity index (χ3n) is 4.07. The van der Waals surface area contributed by atoms with Crippen LogP contribution in [0.2, 0.25) is 0 Å². The molecule has 3 rings (SSSR count). The fourth-order valence-corrected chi connectivity index (χ4v) is 3.13. The van der Waals surface area contributed by atoms with Crippen molar-refractivity contribution in [1.29, 1.82) is 0 Å². The number of benzene rings is 1. The van der Waals surface area contributed by atoms with Crippen LogP contribution in [0, 0.1) is 5.92 Å². The van der Waals surface area contributed by atoms with E-state index >= 15 is 0 Å². The smallest absolute Gasteiger partial charge is 0.231 e. The summed E-state index contributed by atoms with van der Waals surface area (Å²) < 4.78 is 11.2. The van der Waals surface area contributed by atoms with E-state index in [0.717, 1.165) is 44.1 Å². The van der Waals surface area contributed by atoms with Gasteiger partial charge in [0.25, 0.3) is 0 Å². The van der Waals surface area contributed by atoms with Gasteiger partial charge in [-0.2, -0.15) is 0 Å².